The zero-order valence-electron chi connectivity index (χ0n) is 9.93. The maximum atomic E-state index is 11.3. The van der Waals surface area contributed by atoms with E-state index in [0.29, 0.717) is 11.8 Å². The highest BCUT2D eigenvalue weighted by molar-refractivity contribution is 5.74. The second-order valence-electron chi connectivity index (χ2n) is 5.35. The Morgan fingerprint density at radius 1 is 1.18 bits per heavy atom. The highest BCUT2D eigenvalue weighted by Crippen LogP contribution is 2.46. The van der Waals surface area contributed by atoms with E-state index in [9.17, 15) is 9.90 Å². The van der Waals surface area contributed by atoms with Crippen LogP contribution in [0.4, 0.5) is 0 Å². The zero-order chi connectivity index (χ0) is 11.8. The first-order valence-electron chi connectivity index (χ1n) is 6.58. The second-order valence-corrected chi connectivity index (χ2v) is 5.35. The van der Waals surface area contributed by atoms with Crippen LogP contribution in [-0.2, 0) is 4.79 Å². The van der Waals surface area contributed by atoms with E-state index in [2.05, 4.69) is 24.3 Å². The van der Waals surface area contributed by atoms with Gasteiger partial charge in [0.25, 0.3) is 0 Å². The SMILES string of the molecule is O=C(O)C1CCCC2C1=CC=C1C=CCCC12. The monoisotopic (exact) mass is 230 g/mol. The molecule has 0 amide bonds. The molecule has 1 saturated carbocycles. The normalized spacial score (nSPS) is 35.4. The van der Waals surface area contributed by atoms with Crippen molar-refractivity contribution in [2.24, 2.45) is 17.8 Å². The molecule has 3 unspecified atom stereocenters. The van der Waals surface area contributed by atoms with E-state index in [4.69, 9.17) is 0 Å². The van der Waals surface area contributed by atoms with Crippen molar-refractivity contribution in [3.05, 3.63) is 35.5 Å². The van der Waals surface area contributed by atoms with Crippen LogP contribution in [0.2, 0.25) is 0 Å². The molecule has 2 heteroatoms. The summed E-state index contributed by atoms with van der Waals surface area (Å²) in [5.41, 5.74) is 2.60. The van der Waals surface area contributed by atoms with Gasteiger partial charge in [-0.2, -0.15) is 0 Å². The summed E-state index contributed by atoms with van der Waals surface area (Å²) in [4.78, 5) is 11.3. The molecule has 0 spiro atoms. The molecular formula is C15H18O2. The summed E-state index contributed by atoms with van der Waals surface area (Å²) >= 11 is 0. The Morgan fingerprint density at radius 3 is 2.88 bits per heavy atom. The van der Waals surface area contributed by atoms with Crippen LogP contribution in [0.5, 0.6) is 0 Å². The Kier molecular flexibility index (Phi) is 2.65. The summed E-state index contributed by atoms with van der Waals surface area (Å²) < 4.78 is 0. The molecular weight excluding hydrogens is 212 g/mol. The first-order chi connectivity index (χ1) is 8.27. The number of hydrogen-bond donors (Lipinski definition) is 1. The standard InChI is InChI=1S/C15H18O2/c16-15(17)14-7-3-6-12-11-5-2-1-4-10(11)8-9-13(12)14/h1,4,8-9,11-12,14H,2-3,5-7H2,(H,16,17). The topological polar surface area (TPSA) is 37.3 Å². The Bertz CT molecular complexity index is 428. The van der Waals surface area contributed by atoms with Gasteiger partial charge in [-0.25, -0.2) is 0 Å². The molecule has 90 valence electrons. The summed E-state index contributed by atoms with van der Waals surface area (Å²) in [7, 11) is 0. The number of hydrogen-bond acceptors (Lipinski definition) is 1. The van der Waals surface area contributed by atoms with E-state index in [1.165, 1.54) is 24.0 Å². The van der Waals surface area contributed by atoms with Gasteiger partial charge >= 0.3 is 5.97 Å². The maximum Gasteiger partial charge on any atom is 0.310 e. The van der Waals surface area contributed by atoms with Gasteiger partial charge in [-0.05, 0) is 43.1 Å². The summed E-state index contributed by atoms with van der Waals surface area (Å²) in [5.74, 6) is 0.221. The van der Waals surface area contributed by atoms with Gasteiger partial charge in [-0.15, -0.1) is 0 Å². The molecule has 1 fully saturated rings. The lowest BCUT2D eigenvalue weighted by Crippen LogP contribution is -2.32. The molecule has 0 bridgehead atoms. The molecule has 0 heterocycles. The van der Waals surface area contributed by atoms with Gasteiger partial charge in [-0.3, -0.25) is 4.79 Å². The van der Waals surface area contributed by atoms with E-state index in [1.807, 2.05) is 0 Å². The molecule has 2 nitrogen and oxygen atoms in total. The van der Waals surface area contributed by atoms with Crippen molar-refractivity contribution in [1.29, 1.82) is 0 Å². The van der Waals surface area contributed by atoms with Gasteiger partial charge < -0.3 is 5.11 Å². The van der Waals surface area contributed by atoms with Crippen LogP contribution in [0.15, 0.2) is 35.5 Å². The van der Waals surface area contributed by atoms with Crippen molar-refractivity contribution in [3.8, 4) is 0 Å². The van der Waals surface area contributed by atoms with Crippen LogP contribution in [0.3, 0.4) is 0 Å². The average Bonchev–Trinajstić information content (AvgIpc) is 2.37. The first-order valence-corrected chi connectivity index (χ1v) is 6.58. The molecule has 0 saturated heterocycles. The predicted molar refractivity (Wildman–Crippen MR) is 66.5 cm³/mol. The lowest BCUT2D eigenvalue weighted by Gasteiger charge is -2.39. The lowest BCUT2D eigenvalue weighted by atomic mass is 9.64. The third-order valence-electron chi connectivity index (χ3n) is 4.47. The van der Waals surface area contributed by atoms with E-state index in [-0.39, 0.29) is 5.92 Å². The fraction of sp³-hybridized carbons (Fsp3) is 0.533. The van der Waals surface area contributed by atoms with Crippen molar-refractivity contribution >= 4 is 5.97 Å². The first kappa shape index (κ1) is 10.8. The summed E-state index contributed by atoms with van der Waals surface area (Å²) in [6.07, 6.45) is 14.1. The van der Waals surface area contributed by atoms with Crippen LogP contribution >= 0.6 is 0 Å². The van der Waals surface area contributed by atoms with Crippen LogP contribution in [0.1, 0.15) is 32.1 Å². The largest absolute Gasteiger partial charge is 0.481 e. The van der Waals surface area contributed by atoms with E-state index in [0.717, 1.165) is 19.3 Å². The van der Waals surface area contributed by atoms with Crippen molar-refractivity contribution in [2.45, 2.75) is 32.1 Å². The van der Waals surface area contributed by atoms with Crippen molar-refractivity contribution < 1.29 is 9.90 Å². The Labute approximate surface area is 102 Å². The number of allylic oxidation sites excluding steroid dienone is 5. The second kappa shape index (κ2) is 4.17. The number of rotatable bonds is 1. The maximum absolute atomic E-state index is 11.3. The predicted octanol–water partition coefficient (Wildman–Crippen LogP) is 3.32. The van der Waals surface area contributed by atoms with Crippen LogP contribution in [-0.4, -0.2) is 11.1 Å². The van der Waals surface area contributed by atoms with Gasteiger partial charge in [0.05, 0.1) is 5.92 Å². The van der Waals surface area contributed by atoms with Gasteiger partial charge in [0.2, 0.25) is 0 Å². The van der Waals surface area contributed by atoms with E-state index in [1.54, 1.807) is 0 Å². The fourth-order valence-electron chi connectivity index (χ4n) is 3.66. The Hall–Kier alpha value is -1.31. The molecule has 0 radical (unpaired) electrons. The van der Waals surface area contributed by atoms with Gasteiger partial charge in [0.15, 0.2) is 0 Å². The molecule has 3 aliphatic rings. The lowest BCUT2D eigenvalue weighted by molar-refractivity contribution is -0.141. The van der Waals surface area contributed by atoms with Crippen LogP contribution < -0.4 is 0 Å². The van der Waals surface area contributed by atoms with Crippen molar-refractivity contribution in [1.82, 2.24) is 0 Å². The highest BCUT2D eigenvalue weighted by atomic mass is 16.4. The summed E-state index contributed by atoms with van der Waals surface area (Å²) in [6, 6.07) is 0. The molecule has 0 aromatic heterocycles. The van der Waals surface area contributed by atoms with Crippen molar-refractivity contribution in [3.63, 3.8) is 0 Å². The summed E-state index contributed by atoms with van der Waals surface area (Å²) in [5, 5.41) is 9.30. The molecule has 3 aliphatic carbocycles. The number of carbonyl (C=O) groups is 1. The molecule has 3 rings (SSSR count). The number of aliphatic carboxylic acids is 1. The zero-order valence-corrected chi connectivity index (χ0v) is 9.93. The molecule has 1 N–H and O–H groups in total. The average molecular weight is 230 g/mol. The minimum absolute atomic E-state index is 0.225. The van der Waals surface area contributed by atoms with Gasteiger partial charge in [0.1, 0.15) is 0 Å². The quantitative estimate of drug-likeness (QED) is 0.750. The third kappa shape index (κ3) is 1.76. The third-order valence-corrected chi connectivity index (χ3v) is 4.47. The van der Waals surface area contributed by atoms with Gasteiger partial charge in [-0.1, -0.05) is 36.3 Å². The molecule has 0 aliphatic heterocycles. The molecule has 0 aromatic carbocycles. The van der Waals surface area contributed by atoms with Crippen molar-refractivity contribution in [2.75, 3.05) is 0 Å². The Morgan fingerprint density at radius 2 is 2.06 bits per heavy atom. The summed E-state index contributed by atoms with van der Waals surface area (Å²) in [6.45, 7) is 0. The molecule has 0 aromatic rings. The Balaban J connectivity index is 1.97. The minimum atomic E-state index is -0.635. The molecule has 3 atom stereocenters. The van der Waals surface area contributed by atoms with Crippen LogP contribution in [0.25, 0.3) is 0 Å². The van der Waals surface area contributed by atoms with Crippen LogP contribution in [0, 0.1) is 17.8 Å². The molecule has 17 heavy (non-hydrogen) atoms. The number of carboxylic acid groups (broad SMARTS) is 1. The van der Waals surface area contributed by atoms with E-state index < -0.39 is 5.97 Å². The number of fused-ring (bicyclic) bond motifs is 3. The number of carboxylic acids is 1. The fourth-order valence-corrected chi connectivity index (χ4v) is 3.66. The smallest absolute Gasteiger partial charge is 0.310 e. The van der Waals surface area contributed by atoms with E-state index >= 15 is 0 Å². The highest BCUT2D eigenvalue weighted by Gasteiger charge is 2.38. The van der Waals surface area contributed by atoms with Gasteiger partial charge in [0, 0.05) is 0 Å². The minimum Gasteiger partial charge on any atom is -0.481 e.